The molecule has 2 heterocycles. The highest BCUT2D eigenvalue weighted by molar-refractivity contribution is 5.83. The van der Waals surface area contributed by atoms with Gasteiger partial charge in [0.1, 0.15) is 11.9 Å². The zero-order valence-electron chi connectivity index (χ0n) is 20.5. The van der Waals surface area contributed by atoms with Gasteiger partial charge in [-0.15, -0.1) is 0 Å². The molecular formula is C28H26FN5O4. The number of hydrogen-bond acceptors (Lipinski definition) is 8. The summed E-state index contributed by atoms with van der Waals surface area (Å²) < 4.78 is 20.3. The van der Waals surface area contributed by atoms with Crippen molar-refractivity contribution in [2.45, 2.75) is 31.1 Å². The minimum absolute atomic E-state index is 0.0775. The summed E-state index contributed by atoms with van der Waals surface area (Å²) in [5.74, 6) is 7.06. The highest BCUT2D eigenvalue weighted by Crippen LogP contribution is 2.57. The Morgan fingerprint density at radius 1 is 1.08 bits per heavy atom. The molecule has 5 atom stereocenters. The molecule has 10 heteroatoms. The summed E-state index contributed by atoms with van der Waals surface area (Å²) in [6, 6.07) is 10.7. The normalized spacial score (nSPS) is 23.5. The van der Waals surface area contributed by atoms with E-state index in [0.717, 1.165) is 12.0 Å². The quantitative estimate of drug-likeness (QED) is 0.289. The summed E-state index contributed by atoms with van der Waals surface area (Å²) in [5.41, 5.74) is 2.63. The van der Waals surface area contributed by atoms with Crippen molar-refractivity contribution in [3.63, 3.8) is 0 Å². The van der Waals surface area contributed by atoms with E-state index in [4.69, 9.17) is 4.74 Å². The maximum atomic E-state index is 13.3. The van der Waals surface area contributed by atoms with Crippen LogP contribution in [0.3, 0.4) is 0 Å². The maximum absolute atomic E-state index is 13.3. The van der Waals surface area contributed by atoms with Gasteiger partial charge in [-0.2, -0.15) is 0 Å². The molecule has 2 aromatic heterocycles. The second-order valence-corrected chi connectivity index (χ2v) is 9.69. The van der Waals surface area contributed by atoms with Crippen LogP contribution in [0, 0.1) is 29.5 Å². The van der Waals surface area contributed by atoms with Gasteiger partial charge >= 0.3 is 0 Å². The third-order valence-electron chi connectivity index (χ3n) is 7.32. The van der Waals surface area contributed by atoms with Crippen molar-refractivity contribution in [3.8, 4) is 23.3 Å². The number of methoxy groups -OCH3 is 1. The summed E-state index contributed by atoms with van der Waals surface area (Å²) in [5, 5.41) is 34.2. The van der Waals surface area contributed by atoms with Gasteiger partial charge in [0.25, 0.3) is 0 Å². The van der Waals surface area contributed by atoms with Gasteiger partial charge in [-0.1, -0.05) is 12.0 Å². The average Bonchev–Trinajstić information content (AvgIpc) is 3.53. The highest BCUT2D eigenvalue weighted by atomic mass is 19.1. The van der Waals surface area contributed by atoms with Crippen molar-refractivity contribution in [2.75, 3.05) is 19.0 Å². The minimum atomic E-state index is -0.902. The van der Waals surface area contributed by atoms with Crippen LogP contribution < -0.4 is 10.1 Å². The Morgan fingerprint density at radius 3 is 2.63 bits per heavy atom. The summed E-state index contributed by atoms with van der Waals surface area (Å²) in [4.78, 5) is 13.8. The number of rotatable bonds is 6. The molecule has 0 aliphatic heterocycles. The maximum Gasteiger partial charge on any atom is 0.209 e. The number of imidazole rings is 1. The molecule has 2 aliphatic carbocycles. The van der Waals surface area contributed by atoms with Gasteiger partial charge in [-0.05, 0) is 72.6 Å². The molecule has 0 amide bonds. The number of nitrogens with zero attached hydrogens (tertiary/aromatic N) is 4. The van der Waals surface area contributed by atoms with Crippen LogP contribution in [0.25, 0.3) is 11.2 Å². The lowest BCUT2D eigenvalue weighted by Crippen LogP contribution is -2.31. The molecule has 0 unspecified atom stereocenters. The van der Waals surface area contributed by atoms with E-state index < -0.39 is 12.2 Å². The summed E-state index contributed by atoms with van der Waals surface area (Å²) in [6.07, 6.45) is 1.44. The van der Waals surface area contributed by atoms with Gasteiger partial charge in [0.2, 0.25) is 5.82 Å². The summed E-state index contributed by atoms with van der Waals surface area (Å²) in [6.45, 7) is 0.507. The fourth-order valence-electron chi connectivity index (χ4n) is 5.28. The van der Waals surface area contributed by atoms with Gasteiger partial charge < -0.3 is 29.9 Å². The zero-order chi connectivity index (χ0) is 26.4. The number of aliphatic hydroxyl groups excluding tert-OH is 2. The minimum Gasteiger partial charge on any atom is -0.504 e. The molecule has 2 aromatic carbocycles. The second-order valence-electron chi connectivity index (χ2n) is 9.69. The van der Waals surface area contributed by atoms with E-state index in [1.165, 1.54) is 19.2 Å². The number of halogens is 1. The number of aromatic hydroxyl groups is 1. The zero-order valence-corrected chi connectivity index (χ0v) is 20.5. The average molecular weight is 516 g/mol. The van der Waals surface area contributed by atoms with Crippen molar-refractivity contribution in [3.05, 3.63) is 71.6 Å². The molecule has 9 nitrogen and oxygen atoms in total. The third-order valence-corrected chi connectivity index (χ3v) is 7.32. The van der Waals surface area contributed by atoms with E-state index in [9.17, 15) is 19.7 Å². The number of benzene rings is 2. The van der Waals surface area contributed by atoms with E-state index in [1.807, 2.05) is 10.6 Å². The van der Waals surface area contributed by atoms with E-state index in [0.29, 0.717) is 41.3 Å². The van der Waals surface area contributed by atoms with E-state index in [1.54, 1.807) is 30.6 Å². The smallest absolute Gasteiger partial charge is 0.209 e. The van der Waals surface area contributed by atoms with Crippen LogP contribution in [-0.2, 0) is 6.42 Å². The molecule has 0 radical (unpaired) electrons. The van der Waals surface area contributed by atoms with Crippen LogP contribution in [0.1, 0.15) is 29.4 Å². The fourth-order valence-corrected chi connectivity index (χ4v) is 5.28. The van der Waals surface area contributed by atoms with Crippen molar-refractivity contribution in [2.24, 2.45) is 11.8 Å². The van der Waals surface area contributed by atoms with Crippen LogP contribution in [0.5, 0.6) is 11.5 Å². The van der Waals surface area contributed by atoms with Gasteiger partial charge in [0.15, 0.2) is 28.5 Å². The first-order chi connectivity index (χ1) is 18.4. The largest absolute Gasteiger partial charge is 0.504 e. The molecule has 2 aliphatic rings. The number of ether oxygens (including phenoxy) is 1. The molecule has 6 rings (SSSR count). The summed E-state index contributed by atoms with van der Waals surface area (Å²) >= 11 is 0. The fraction of sp³-hybridized carbons (Fsp3) is 0.321. The molecule has 0 spiro atoms. The van der Waals surface area contributed by atoms with Gasteiger partial charge in [-0.25, -0.2) is 19.3 Å². The Kier molecular flexibility index (Phi) is 6.10. The van der Waals surface area contributed by atoms with E-state index in [2.05, 4.69) is 32.1 Å². The van der Waals surface area contributed by atoms with Crippen molar-refractivity contribution < 1.29 is 24.4 Å². The Balaban J connectivity index is 1.33. The molecule has 194 valence electrons. The van der Waals surface area contributed by atoms with Gasteiger partial charge in [0, 0.05) is 12.1 Å². The Bertz CT molecular complexity index is 1560. The van der Waals surface area contributed by atoms with Crippen molar-refractivity contribution >= 4 is 17.0 Å². The Labute approximate surface area is 218 Å². The molecule has 4 N–H and O–H groups in total. The topological polar surface area (TPSA) is 126 Å². The van der Waals surface area contributed by atoms with E-state index >= 15 is 0 Å². The lowest BCUT2D eigenvalue weighted by molar-refractivity contribution is 0.00386. The number of nitrogens with one attached hydrogen (secondary N) is 1. The van der Waals surface area contributed by atoms with Crippen LogP contribution in [0.15, 0.2) is 48.8 Å². The van der Waals surface area contributed by atoms with Crippen LogP contribution in [0.2, 0.25) is 0 Å². The molecule has 38 heavy (non-hydrogen) atoms. The predicted octanol–water partition coefficient (Wildman–Crippen LogP) is 2.65. The number of aliphatic hydroxyl groups is 2. The summed E-state index contributed by atoms with van der Waals surface area (Å²) in [7, 11) is 1.50. The first-order valence-corrected chi connectivity index (χ1v) is 12.4. The first-order valence-electron chi connectivity index (χ1n) is 12.4. The molecule has 0 saturated heterocycles. The molecule has 0 bridgehead atoms. The van der Waals surface area contributed by atoms with Crippen LogP contribution in [-0.4, -0.2) is 60.7 Å². The number of hydrogen-bond donors (Lipinski definition) is 4. The Hall–Kier alpha value is -4.20. The van der Waals surface area contributed by atoms with Crippen molar-refractivity contribution in [1.29, 1.82) is 0 Å². The van der Waals surface area contributed by atoms with Gasteiger partial charge in [0.05, 0.1) is 25.6 Å². The molecular weight excluding hydrogens is 489 g/mol. The van der Waals surface area contributed by atoms with Crippen LogP contribution >= 0.6 is 0 Å². The number of aromatic nitrogens is 4. The van der Waals surface area contributed by atoms with Crippen molar-refractivity contribution in [1.82, 2.24) is 19.5 Å². The second kappa shape index (κ2) is 9.59. The van der Waals surface area contributed by atoms with Gasteiger partial charge in [-0.3, -0.25) is 0 Å². The number of phenolic OH excluding ortho intramolecular Hbond substituents is 1. The SMILES string of the molecule is COc1cc(CCNc2nc(C#Cc3ccc(F)cc3)nc3c2ncn3[C@H]2[C@H](O)[C@H](O)[C@@H]3C[C@@H]32)ccc1O. The molecule has 4 aromatic rings. The number of anilines is 1. The molecule has 2 fully saturated rings. The first kappa shape index (κ1) is 24.2. The highest BCUT2D eigenvalue weighted by Gasteiger charge is 2.60. The predicted molar refractivity (Wildman–Crippen MR) is 137 cm³/mol. The third kappa shape index (κ3) is 4.40. The molecule has 2 saturated carbocycles. The number of fused-ring (bicyclic) bond motifs is 2. The lowest BCUT2D eigenvalue weighted by atomic mass is 10.1. The number of phenols is 1. The Morgan fingerprint density at radius 2 is 1.89 bits per heavy atom. The van der Waals surface area contributed by atoms with Crippen LogP contribution in [0.4, 0.5) is 10.2 Å². The monoisotopic (exact) mass is 515 g/mol. The standard InChI is InChI=1S/C28H26FN5O4/c1-38-21-12-16(4-8-20(21)35)10-11-30-27-23-28(33-22(32-27)9-5-15-2-6-17(29)7-3-15)34(14-31-23)24-18-13-19(18)25(36)26(24)37/h2-4,6-8,12,14,18-19,24-26,35-37H,10-11,13H2,1H3,(H,30,32,33)/t18-,19+,24+,25+,26-/m0/s1. The lowest BCUT2D eigenvalue weighted by Gasteiger charge is -2.22. The van der Waals surface area contributed by atoms with E-state index in [-0.39, 0.29) is 35.3 Å².